The van der Waals surface area contributed by atoms with Gasteiger partial charge in [-0.25, -0.2) is 4.98 Å². The van der Waals surface area contributed by atoms with E-state index in [1.165, 1.54) is 11.3 Å². The zero-order valence-electron chi connectivity index (χ0n) is 10.4. The zero-order valence-corrected chi connectivity index (χ0v) is 11.2. The van der Waals surface area contributed by atoms with Gasteiger partial charge in [0.25, 0.3) is 0 Å². The molecule has 2 aromatic rings. The first-order valence-corrected chi connectivity index (χ1v) is 6.91. The standard InChI is InChI=1S/C13H13N3O2S/c1-7-3-2-4-9-11(7)16-13(19-9)14-8-5-6-10(17)15-12(8)18/h2-4,8H,5-6H2,1H3,(H,14,16)(H,15,17,18). The fourth-order valence-electron chi connectivity index (χ4n) is 2.13. The van der Waals surface area contributed by atoms with E-state index in [-0.39, 0.29) is 17.9 Å². The molecule has 0 aliphatic carbocycles. The molecule has 3 rings (SSSR count). The Morgan fingerprint density at radius 2 is 2.26 bits per heavy atom. The molecular weight excluding hydrogens is 262 g/mol. The quantitative estimate of drug-likeness (QED) is 0.820. The predicted molar refractivity (Wildman–Crippen MR) is 74.2 cm³/mol. The molecule has 1 saturated heterocycles. The maximum atomic E-state index is 11.7. The lowest BCUT2D eigenvalue weighted by Crippen LogP contribution is -2.47. The molecule has 2 heterocycles. The van der Waals surface area contributed by atoms with Gasteiger partial charge in [-0.05, 0) is 25.0 Å². The van der Waals surface area contributed by atoms with Gasteiger partial charge in [0.15, 0.2) is 5.13 Å². The van der Waals surface area contributed by atoms with Gasteiger partial charge in [-0.1, -0.05) is 23.5 Å². The molecule has 1 atom stereocenters. The third-order valence-corrected chi connectivity index (χ3v) is 4.11. The maximum Gasteiger partial charge on any atom is 0.249 e. The summed E-state index contributed by atoms with van der Waals surface area (Å²) in [5.41, 5.74) is 2.08. The number of hydrogen-bond donors (Lipinski definition) is 2. The first-order valence-electron chi connectivity index (χ1n) is 6.10. The SMILES string of the molecule is Cc1cccc2sc(NC3CCC(=O)NC3=O)nc12. The molecule has 1 unspecified atom stereocenters. The van der Waals surface area contributed by atoms with E-state index in [9.17, 15) is 9.59 Å². The second-order valence-corrected chi connectivity index (χ2v) is 5.62. The number of carbonyl (C=O) groups excluding carboxylic acids is 2. The van der Waals surface area contributed by atoms with Crippen molar-refractivity contribution in [2.75, 3.05) is 5.32 Å². The van der Waals surface area contributed by atoms with Gasteiger partial charge in [0.05, 0.1) is 10.2 Å². The van der Waals surface area contributed by atoms with Crippen molar-refractivity contribution in [1.82, 2.24) is 10.3 Å². The fraction of sp³-hybridized carbons (Fsp3) is 0.308. The zero-order chi connectivity index (χ0) is 13.4. The summed E-state index contributed by atoms with van der Waals surface area (Å²) in [5, 5.41) is 6.16. The van der Waals surface area contributed by atoms with Crippen LogP contribution >= 0.6 is 11.3 Å². The van der Waals surface area contributed by atoms with Crippen LogP contribution in [0.1, 0.15) is 18.4 Å². The molecule has 2 amide bonds. The van der Waals surface area contributed by atoms with E-state index in [0.29, 0.717) is 12.8 Å². The highest BCUT2D eigenvalue weighted by atomic mass is 32.1. The van der Waals surface area contributed by atoms with Crippen LogP contribution in [0.5, 0.6) is 0 Å². The lowest BCUT2D eigenvalue weighted by Gasteiger charge is -2.21. The number of carbonyl (C=O) groups is 2. The van der Waals surface area contributed by atoms with E-state index in [1.54, 1.807) is 0 Å². The lowest BCUT2D eigenvalue weighted by atomic mass is 10.1. The van der Waals surface area contributed by atoms with E-state index in [1.807, 2.05) is 25.1 Å². The summed E-state index contributed by atoms with van der Waals surface area (Å²) in [5.74, 6) is -0.476. The first kappa shape index (κ1) is 12.1. The number of anilines is 1. The molecule has 0 saturated carbocycles. The van der Waals surface area contributed by atoms with Crippen LogP contribution in [0.3, 0.4) is 0 Å². The van der Waals surface area contributed by atoms with Crippen molar-refractivity contribution in [1.29, 1.82) is 0 Å². The first-order chi connectivity index (χ1) is 9.13. The van der Waals surface area contributed by atoms with Crippen LogP contribution in [0, 0.1) is 6.92 Å². The Morgan fingerprint density at radius 1 is 1.42 bits per heavy atom. The number of nitrogens with zero attached hydrogens (tertiary/aromatic N) is 1. The minimum atomic E-state index is -0.376. The second kappa shape index (κ2) is 4.62. The topological polar surface area (TPSA) is 71.1 Å². The highest BCUT2D eigenvalue weighted by molar-refractivity contribution is 7.22. The number of fused-ring (bicyclic) bond motifs is 1. The van der Waals surface area contributed by atoms with Crippen molar-refractivity contribution >= 4 is 38.5 Å². The summed E-state index contributed by atoms with van der Waals surface area (Å²) in [7, 11) is 0. The summed E-state index contributed by atoms with van der Waals surface area (Å²) >= 11 is 1.52. The van der Waals surface area contributed by atoms with E-state index in [4.69, 9.17) is 0 Å². The van der Waals surface area contributed by atoms with Crippen LogP contribution in [0.2, 0.25) is 0 Å². The molecule has 6 heteroatoms. The molecule has 5 nitrogen and oxygen atoms in total. The Balaban J connectivity index is 1.83. The van der Waals surface area contributed by atoms with Crippen LogP contribution in [0.4, 0.5) is 5.13 Å². The predicted octanol–water partition coefficient (Wildman–Crippen LogP) is 1.82. The van der Waals surface area contributed by atoms with E-state index in [0.717, 1.165) is 20.9 Å². The maximum absolute atomic E-state index is 11.7. The van der Waals surface area contributed by atoms with Crippen LogP contribution in [-0.4, -0.2) is 22.8 Å². The molecule has 1 fully saturated rings. The highest BCUT2D eigenvalue weighted by Crippen LogP contribution is 2.28. The molecular formula is C13H13N3O2S. The monoisotopic (exact) mass is 275 g/mol. The molecule has 0 spiro atoms. The molecule has 1 aromatic carbocycles. The number of hydrogen-bond acceptors (Lipinski definition) is 5. The molecule has 2 N–H and O–H groups in total. The molecule has 0 radical (unpaired) electrons. The van der Waals surface area contributed by atoms with Crippen molar-refractivity contribution < 1.29 is 9.59 Å². The van der Waals surface area contributed by atoms with Crippen molar-refractivity contribution in [3.05, 3.63) is 23.8 Å². The summed E-state index contributed by atoms with van der Waals surface area (Å²) in [4.78, 5) is 27.3. The van der Waals surface area contributed by atoms with Crippen molar-refractivity contribution in [3.63, 3.8) is 0 Å². The van der Waals surface area contributed by atoms with Gasteiger partial charge in [-0.2, -0.15) is 0 Å². The number of benzene rings is 1. The van der Waals surface area contributed by atoms with Crippen molar-refractivity contribution in [2.45, 2.75) is 25.8 Å². The van der Waals surface area contributed by atoms with Crippen molar-refractivity contribution in [2.24, 2.45) is 0 Å². The smallest absolute Gasteiger partial charge is 0.249 e. The Morgan fingerprint density at radius 3 is 3.00 bits per heavy atom. The van der Waals surface area contributed by atoms with Gasteiger partial charge in [0, 0.05) is 6.42 Å². The van der Waals surface area contributed by atoms with Gasteiger partial charge in [0.2, 0.25) is 11.8 Å². The average molecular weight is 275 g/mol. The fourth-order valence-corrected chi connectivity index (χ4v) is 3.12. The molecule has 1 aliphatic rings. The Hall–Kier alpha value is -1.95. The van der Waals surface area contributed by atoms with Gasteiger partial charge >= 0.3 is 0 Å². The number of amides is 2. The van der Waals surface area contributed by atoms with Gasteiger partial charge < -0.3 is 5.32 Å². The molecule has 1 aliphatic heterocycles. The third kappa shape index (κ3) is 2.31. The summed E-state index contributed by atoms with van der Waals surface area (Å²) in [6.45, 7) is 2.01. The van der Waals surface area contributed by atoms with Crippen LogP contribution < -0.4 is 10.6 Å². The average Bonchev–Trinajstić information content (AvgIpc) is 2.77. The summed E-state index contributed by atoms with van der Waals surface area (Å²) in [6.07, 6.45) is 0.882. The van der Waals surface area contributed by atoms with Crippen LogP contribution in [-0.2, 0) is 9.59 Å². The van der Waals surface area contributed by atoms with Gasteiger partial charge in [-0.15, -0.1) is 0 Å². The van der Waals surface area contributed by atoms with Crippen LogP contribution in [0.25, 0.3) is 10.2 Å². The van der Waals surface area contributed by atoms with Gasteiger partial charge in [0.1, 0.15) is 6.04 Å². The number of imide groups is 1. The van der Waals surface area contributed by atoms with E-state index < -0.39 is 0 Å². The Labute approximate surface area is 114 Å². The minimum Gasteiger partial charge on any atom is -0.350 e. The third-order valence-electron chi connectivity index (χ3n) is 3.16. The van der Waals surface area contributed by atoms with E-state index in [2.05, 4.69) is 15.6 Å². The normalized spacial score (nSPS) is 19.5. The molecule has 1 aromatic heterocycles. The number of piperidine rings is 1. The number of aryl methyl sites for hydroxylation is 1. The van der Waals surface area contributed by atoms with Gasteiger partial charge in [-0.3, -0.25) is 14.9 Å². The summed E-state index contributed by atoms with van der Waals surface area (Å²) < 4.78 is 1.09. The number of rotatable bonds is 2. The lowest BCUT2D eigenvalue weighted by molar-refractivity contribution is -0.133. The highest BCUT2D eigenvalue weighted by Gasteiger charge is 2.27. The second-order valence-electron chi connectivity index (χ2n) is 4.59. The molecule has 0 bridgehead atoms. The van der Waals surface area contributed by atoms with Crippen LogP contribution in [0.15, 0.2) is 18.2 Å². The largest absolute Gasteiger partial charge is 0.350 e. The minimum absolute atomic E-state index is 0.205. The Kier molecular flexibility index (Phi) is 2.94. The molecule has 19 heavy (non-hydrogen) atoms. The molecule has 98 valence electrons. The van der Waals surface area contributed by atoms with Crippen molar-refractivity contribution in [3.8, 4) is 0 Å². The number of thiazole rings is 1. The summed E-state index contributed by atoms with van der Waals surface area (Å²) in [6, 6.07) is 5.64. The number of aromatic nitrogens is 1. The van der Waals surface area contributed by atoms with E-state index >= 15 is 0 Å². The number of nitrogens with one attached hydrogen (secondary N) is 2. The number of para-hydroxylation sites is 1. The Bertz CT molecular complexity index is 665.